The molecule has 0 bridgehead atoms. The summed E-state index contributed by atoms with van der Waals surface area (Å²) in [5.41, 5.74) is 2.31. The summed E-state index contributed by atoms with van der Waals surface area (Å²) in [6.45, 7) is 2.74. The molecule has 4 rings (SSSR count). The summed E-state index contributed by atoms with van der Waals surface area (Å²) >= 11 is 6.48. The lowest BCUT2D eigenvalue weighted by Crippen LogP contribution is -2.41. The Hall–Kier alpha value is -2.74. The molecule has 0 spiro atoms. The zero-order valence-corrected chi connectivity index (χ0v) is 21.5. The van der Waals surface area contributed by atoms with Gasteiger partial charge >= 0.3 is 5.97 Å². The van der Waals surface area contributed by atoms with Gasteiger partial charge in [-0.05, 0) is 99.5 Å². The lowest BCUT2D eigenvalue weighted by atomic mass is 9.71. The molecule has 1 aromatic carbocycles. The summed E-state index contributed by atoms with van der Waals surface area (Å²) in [5.74, 6) is -0.119. The Morgan fingerprint density at radius 1 is 1.22 bits per heavy atom. The van der Waals surface area contributed by atoms with Crippen LogP contribution in [0, 0.1) is 5.41 Å². The number of likely N-dealkylation sites (tertiary alicyclic amines) is 1. The van der Waals surface area contributed by atoms with Gasteiger partial charge in [0.05, 0.1) is 30.2 Å². The van der Waals surface area contributed by atoms with Crippen LogP contribution >= 0.6 is 11.6 Å². The van der Waals surface area contributed by atoms with Crippen molar-refractivity contribution in [2.24, 2.45) is 5.41 Å². The third-order valence-electron chi connectivity index (χ3n) is 7.48. The zero-order valence-electron chi connectivity index (χ0n) is 20.7. The van der Waals surface area contributed by atoms with Gasteiger partial charge in [0.1, 0.15) is 5.75 Å². The van der Waals surface area contributed by atoms with Gasteiger partial charge in [0.15, 0.2) is 0 Å². The van der Waals surface area contributed by atoms with E-state index in [1.165, 1.54) is 5.56 Å². The summed E-state index contributed by atoms with van der Waals surface area (Å²) in [7, 11) is 1.59. The van der Waals surface area contributed by atoms with Crippen molar-refractivity contribution in [3.8, 4) is 5.75 Å². The van der Waals surface area contributed by atoms with Gasteiger partial charge in [-0.2, -0.15) is 0 Å². The van der Waals surface area contributed by atoms with Crippen LogP contribution in [0.1, 0.15) is 55.8 Å². The number of aromatic nitrogens is 2. The molecule has 1 fully saturated rings. The van der Waals surface area contributed by atoms with Gasteiger partial charge in [0, 0.05) is 29.5 Å². The summed E-state index contributed by atoms with van der Waals surface area (Å²) in [4.78, 5) is 22.6. The first-order valence-corrected chi connectivity index (χ1v) is 12.9. The number of carbonyl (C=O) groups is 1. The van der Waals surface area contributed by atoms with E-state index in [0.717, 1.165) is 56.2 Å². The second kappa shape index (κ2) is 12.0. The topological polar surface area (TPSA) is 95.8 Å². The summed E-state index contributed by atoms with van der Waals surface area (Å²) in [5, 5.41) is 22.0. The molecule has 7 nitrogen and oxygen atoms in total. The normalized spacial score (nSPS) is 16.6. The van der Waals surface area contributed by atoms with Crippen molar-refractivity contribution in [2.75, 3.05) is 26.7 Å². The number of rotatable bonds is 11. The number of aliphatic hydroxyl groups excluding tert-OH is 1. The molecule has 0 radical (unpaired) electrons. The molecule has 1 aliphatic heterocycles. The van der Waals surface area contributed by atoms with E-state index < -0.39 is 12.1 Å². The van der Waals surface area contributed by atoms with Crippen LogP contribution in [0.5, 0.6) is 5.75 Å². The van der Waals surface area contributed by atoms with Crippen LogP contribution in [0.15, 0.2) is 48.9 Å². The number of nitrogens with zero attached hydrogens (tertiary/aromatic N) is 3. The SMILES string of the molecule is COc1ccc2ncc(Cl)c([C@@H](O)CCC3(CC(=O)O)CCN(CCCc4ccncc4)CC3)c2c1. The molecule has 36 heavy (non-hydrogen) atoms. The third-order valence-corrected chi connectivity index (χ3v) is 7.78. The summed E-state index contributed by atoms with van der Waals surface area (Å²) in [6.07, 6.45) is 9.24. The molecule has 0 amide bonds. The highest BCUT2D eigenvalue weighted by molar-refractivity contribution is 6.32. The van der Waals surface area contributed by atoms with Gasteiger partial charge < -0.3 is 19.8 Å². The van der Waals surface area contributed by atoms with Crippen molar-refractivity contribution < 1.29 is 19.7 Å². The molecule has 0 saturated carbocycles. The van der Waals surface area contributed by atoms with Crippen LogP contribution in [0.4, 0.5) is 0 Å². The number of fused-ring (bicyclic) bond motifs is 1. The largest absolute Gasteiger partial charge is 0.497 e. The predicted octanol–water partition coefficient (Wildman–Crippen LogP) is 5.30. The number of benzene rings is 1. The predicted molar refractivity (Wildman–Crippen MR) is 140 cm³/mol. The first-order chi connectivity index (χ1) is 17.4. The number of aliphatic carboxylic acids is 1. The maximum Gasteiger partial charge on any atom is 0.303 e. The zero-order chi connectivity index (χ0) is 25.5. The fraction of sp³-hybridized carbons (Fsp3) is 0.464. The van der Waals surface area contributed by atoms with Gasteiger partial charge in [-0.15, -0.1) is 0 Å². The molecule has 192 valence electrons. The molecule has 0 aliphatic carbocycles. The van der Waals surface area contributed by atoms with Crippen LogP contribution in [0.3, 0.4) is 0 Å². The highest BCUT2D eigenvalue weighted by Gasteiger charge is 2.37. The number of aryl methyl sites for hydroxylation is 1. The average molecular weight is 512 g/mol. The molecule has 1 atom stereocenters. The minimum absolute atomic E-state index is 0.114. The van der Waals surface area contributed by atoms with Crippen molar-refractivity contribution in [3.05, 3.63) is 65.1 Å². The van der Waals surface area contributed by atoms with E-state index in [4.69, 9.17) is 16.3 Å². The molecule has 3 heterocycles. The second-order valence-electron chi connectivity index (χ2n) is 9.83. The Morgan fingerprint density at radius 2 is 1.97 bits per heavy atom. The van der Waals surface area contributed by atoms with Crippen LogP contribution in [-0.4, -0.2) is 57.8 Å². The Balaban J connectivity index is 1.39. The van der Waals surface area contributed by atoms with Gasteiger partial charge in [-0.3, -0.25) is 14.8 Å². The van der Waals surface area contributed by atoms with Crippen LogP contribution in [0.25, 0.3) is 10.9 Å². The number of carboxylic acid groups (broad SMARTS) is 1. The van der Waals surface area contributed by atoms with Crippen molar-refractivity contribution in [1.29, 1.82) is 0 Å². The number of methoxy groups -OCH3 is 1. The Labute approximate surface area is 217 Å². The van der Waals surface area contributed by atoms with E-state index in [-0.39, 0.29) is 11.8 Å². The average Bonchev–Trinajstić information content (AvgIpc) is 2.88. The fourth-order valence-electron chi connectivity index (χ4n) is 5.36. The van der Waals surface area contributed by atoms with Gasteiger partial charge in [-0.25, -0.2) is 0 Å². The van der Waals surface area contributed by atoms with Crippen molar-refractivity contribution in [2.45, 2.75) is 51.0 Å². The lowest BCUT2D eigenvalue weighted by molar-refractivity contribution is -0.141. The van der Waals surface area contributed by atoms with Gasteiger partial charge in [-0.1, -0.05) is 11.6 Å². The molecule has 3 aromatic rings. The highest BCUT2D eigenvalue weighted by Crippen LogP contribution is 2.43. The lowest BCUT2D eigenvalue weighted by Gasteiger charge is -2.41. The van der Waals surface area contributed by atoms with Crippen molar-refractivity contribution >= 4 is 28.5 Å². The van der Waals surface area contributed by atoms with E-state index in [1.54, 1.807) is 13.3 Å². The molecule has 1 aliphatic rings. The minimum Gasteiger partial charge on any atom is -0.497 e. The van der Waals surface area contributed by atoms with E-state index in [9.17, 15) is 15.0 Å². The Kier molecular flexibility index (Phi) is 8.77. The third kappa shape index (κ3) is 6.52. The molecule has 1 saturated heterocycles. The molecule has 2 N–H and O–H groups in total. The number of hydrogen-bond donors (Lipinski definition) is 2. The van der Waals surface area contributed by atoms with Gasteiger partial charge in [0.2, 0.25) is 0 Å². The molecule has 2 aromatic heterocycles. The highest BCUT2D eigenvalue weighted by atomic mass is 35.5. The van der Waals surface area contributed by atoms with Crippen LogP contribution in [0.2, 0.25) is 5.02 Å². The number of pyridine rings is 2. The smallest absolute Gasteiger partial charge is 0.303 e. The van der Waals surface area contributed by atoms with E-state index >= 15 is 0 Å². The number of halogens is 1. The number of ether oxygens (including phenoxy) is 1. The molecular weight excluding hydrogens is 478 g/mol. The summed E-state index contributed by atoms with van der Waals surface area (Å²) in [6, 6.07) is 9.61. The van der Waals surface area contributed by atoms with Crippen LogP contribution < -0.4 is 4.74 Å². The number of piperidine rings is 1. The molecule has 8 heteroatoms. The number of carboxylic acids is 1. The maximum absolute atomic E-state index is 11.8. The maximum atomic E-state index is 11.8. The fourth-order valence-corrected chi connectivity index (χ4v) is 5.64. The van der Waals surface area contributed by atoms with Crippen molar-refractivity contribution in [1.82, 2.24) is 14.9 Å². The first kappa shape index (κ1) is 26.3. The van der Waals surface area contributed by atoms with E-state index in [0.29, 0.717) is 29.2 Å². The Bertz CT molecular complexity index is 1170. The Morgan fingerprint density at radius 3 is 2.67 bits per heavy atom. The monoisotopic (exact) mass is 511 g/mol. The first-order valence-electron chi connectivity index (χ1n) is 12.5. The standard InChI is InChI=1S/C28H34ClN3O4/c1-36-21-4-5-24-22(17-21)27(23(29)19-31-24)25(33)6-9-28(18-26(34)35)10-15-32(16-11-28)14-2-3-20-7-12-30-13-8-20/h4-5,7-8,12-13,17,19,25,33H,2-3,6,9-11,14-16,18H2,1H3,(H,34,35)/t25-/m0/s1. The number of hydrogen-bond acceptors (Lipinski definition) is 6. The van der Waals surface area contributed by atoms with Crippen molar-refractivity contribution in [3.63, 3.8) is 0 Å². The van der Waals surface area contributed by atoms with E-state index in [1.807, 2.05) is 42.7 Å². The van der Waals surface area contributed by atoms with Gasteiger partial charge in [0.25, 0.3) is 0 Å². The molecular formula is C28H34ClN3O4. The number of aliphatic hydroxyl groups is 1. The second-order valence-corrected chi connectivity index (χ2v) is 10.2. The molecule has 0 unspecified atom stereocenters. The summed E-state index contributed by atoms with van der Waals surface area (Å²) < 4.78 is 5.35. The minimum atomic E-state index is -0.820. The van der Waals surface area contributed by atoms with E-state index in [2.05, 4.69) is 14.9 Å². The quantitative estimate of drug-likeness (QED) is 0.361. The van der Waals surface area contributed by atoms with Crippen LogP contribution in [-0.2, 0) is 11.2 Å².